The minimum absolute atomic E-state index is 0.222. The highest BCUT2D eigenvalue weighted by atomic mass is 16.1. The second-order valence-corrected chi connectivity index (χ2v) is 6.67. The van der Waals surface area contributed by atoms with Gasteiger partial charge in [0.15, 0.2) is 0 Å². The van der Waals surface area contributed by atoms with Crippen LogP contribution in [0.2, 0.25) is 0 Å². The van der Waals surface area contributed by atoms with Crippen LogP contribution in [0.25, 0.3) is 0 Å². The Hall–Kier alpha value is -0.610. The summed E-state index contributed by atoms with van der Waals surface area (Å²) in [6, 6.07) is 2.26. The average Bonchev–Trinajstić information content (AvgIpc) is 3.17. The molecule has 2 saturated heterocycles. The van der Waals surface area contributed by atoms with E-state index in [1.165, 1.54) is 38.5 Å². The van der Waals surface area contributed by atoms with E-state index in [2.05, 4.69) is 22.6 Å². The molecule has 1 saturated carbocycles. The topological polar surface area (TPSA) is 44.4 Å². The van der Waals surface area contributed by atoms with E-state index in [1.54, 1.807) is 0 Å². The van der Waals surface area contributed by atoms with E-state index in [0.29, 0.717) is 18.4 Å². The van der Waals surface area contributed by atoms with Gasteiger partial charge in [-0.05, 0) is 51.5 Å². The van der Waals surface area contributed by atoms with Gasteiger partial charge < -0.3 is 15.5 Å². The van der Waals surface area contributed by atoms with E-state index in [0.717, 1.165) is 25.2 Å². The normalized spacial score (nSPS) is 34.5. The zero-order valence-electron chi connectivity index (χ0n) is 12.0. The number of carbonyl (C=O) groups is 1. The fraction of sp³-hybridized carbons (Fsp3) is 0.933. The lowest BCUT2D eigenvalue weighted by Crippen LogP contribution is -2.43. The largest absolute Gasteiger partial charge is 0.356 e. The van der Waals surface area contributed by atoms with Gasteiger partial charge in [0.05, 0.1) is 0 Å². The monoisotopic (exact) mass is 265 g/mol. The molecule has 2 bridgehead atoms. The summed E-state index contributed by atoms with van der Waals surface area (Å²) in [5, 5.41) is 6.52. The van der Waals surface area contributed by atoms with Gasteiger partial charge in [0.2, 0.25) is 5.91 Å². The van der Waals surface area contributed by atoms with Crippen molar-refractivity contribution in [3.63, 3.8) is 0 Å². The van der Waals surface area contributed by atoms with Crippen molar-refractivity contribution < 1.29 is 4.79 Å². The van der Waals surface area contributed by atoms with E-state index in [9.17, 15) is 4.79 Å². The van der Waals surface area contributed by atoms with Crippen molar-refractivity contribution in [2.75, 3.05) is 20.1 Å². The first kappa shape index (κ1) is 13.4. The van der Waals surface area contributed by atoms with Crippen LogP contribution in [0.4, 0.5) is 0 Å². The summed E-state index contributed by atoms with van der Waals surface area (Å²) in [5.41, 5.74) is 0. The molecule has 4 heteroatoms. The van der Waals surface area contributed by atoms with Gasteiger partial charge in [0.1, 0.15) is 0 Å². The molecule has 2 N–H and O–H groups in total. The molecule has 2 unspecified atom stereocenters. The molecule has 3 fully saturated rings. The van der Waals surface area contributed by atoms with Gasteiger partial charge in [-0.3, -0.25) is 4.79 Å². The number of rotatable bonds is 6. The number of hydrogen-bond acceptors (Lipinski definition) is 3. The van der Waals surface area contributed by atoms with E-state index in [-0.39, 0.29) is 5.91 Å². The van der Waals surface area contributed by atoms with Crippen molar-refractivity contribution in [3.05, 3.63) is 0 Å². The number of hydrogen-bond donors (Lipinski definition) is 2. The SMILES string of the molecule is CN1C2CCC1CC(CNC(=O)CCNC1CC1)C2. The third kappa shape index (κ3) is 3.48. The number of amides is 1. The predicted molar refractivity (Wildman–Crippen MR) is 75.9 cm³/mol. The van der Waals surface area contributed by atoms with Crippen LogP contribution in [0.5, 0.6) is 0 Å². The average molecular weight is 265 g/mol. The molecular weight excluding hydrogens is 238 g/mol. The quantitative estimate of drug-likeness (QED) is 0.756. The molecule has 0 aromatic carbocycles. The molecular formula is C15H27N3O. The first-order valence-corrected chi connectivity index (χ1v) is 7.94. The van der Waals surface area contributed by atoms with Crippen LogP contribution in [-0.2, 0) is 4.79 Å². The number of nitrogens with zero attached hydrogens (tertiary/aromatic N) is 1. The second-order valence-electron chi connectivity index (χ2n) is 6.67. The molecule has 3 rings (SSSR count). The zero-order valence-corrected chi connectivity index (χ0v) is 12.0. The maximum absolute atomic E-state index is 11.8. The van der Waals surface area contributed by atoms with E-state index in [1.807, 2.05) is 0 Å². The number of carbonyl (C=O) groups excluding carboxylic acids is 1. The van der Waals surface area contributed by atoms with Crippen molar-refractivity contribution in [2.24, 2.45) is 5.92 Å². The lowest BCUT2D eigenvalue weighted by atomic mass is 9.91. The molecule has 3 aliphatic rings. The fourth-order valence-corrected chi connectivity index (χ4v) is 3.71. The van der Waals surface area contributed by atoms with Gasteiger partial charge in [-0.1, -0.05) is 0 Å². The molecule has 4 nitrogen and oxygen atoms in total. The van der Waals surface area contributed by atoms with Crippen LogP contribution in [0.15, 0.2) is 0 Å². The molecule has 2 aliphatic heterocycles. The summed E-state index contributed by atoms with van der Waals surface area (Å²) in [4.78, 5) is 14.3. The number of piperidine rings is 1. The van der Waals surface area contributed by atoms with Crippen LogP contribution < -0.4 is 10.6 Å². The van der Waals surface area contributed by atoms with Crippen molar-refractivity contribution in [3.8, 4) is 0 Å². The number of fused-ring (bicyclic) bond motifs is 2. The van der Waals surface area contributed by atoms with Gasteiger partial charge >= 0.3 is 0 Å². The molecule has 2 atom stereocenters. The van der Waals surface area contributed by atoms with Gasteiger partial charge in [0, 0.05) is 37.6 Å². The van der Waals surface area contributed by atoms with Crippen LogP contribution >= 0.6 is 0 Å². The smallest absolute Gasteiger partial charge is 0.221 e. The Bertz CT molecular complexity index is 315. The highest BCUT2D eigenvalue weighted by Gasteiger charge is 2.38. The summed E-state index contributed by atoms with van der Waals surface area (Å²) in [6.45, 7) is 1.73. The van der Waals surface area contributed by atoms with E-state index >= 15 is 0 Å². The Morgan fingerprint density at radius 3 is 2.47 bits per heavy atom. The van der Waals surface area contributed by atoms with Gasteiger partial charge in [-0.25, -0.2) is 0 Å². The Morgan fingerprint density at radius 1 is 1.16 bits per heavy atom. The van der Waals surface area contributed by atoms with Crippen molar-refractivity contribution in [2.45, 2.75) is 63.1 Å². The lowest BCUT2D eigenvalue weighted by Gasteiger charge is -2.36. The molecule has 1 aliphatic carbocycles. The minimum atomic E-state index is 0.222. The fourth-order valence-electron chi connectivity index (χ4n) is 3.71. The molecule has 1 amide bonds. The van der Waals surface area contributed by atoms with Crippen LogP contribution in [0.1, 0.15) is 44.9 Å². The van der Waals surface area contributed by atoms with Crippen molar-refractivity contribution in [1.82, 2.24) is 15.5 Å². The van der Waals surface area contributed by atoms with Crippen molar-refractivity contribution in [1.29, 1.82) is 0 Å². The minimum Gasteiger partial charge on any atom is -0.356 e. The van der Waals surface area contributed by atoms with Crippen LogP contribution in [0, 0.1) is 5.92 Å². The standard InChI is InChI=1S/C15H27N3O/c1-18-13-4-5-14(18)9-11(8-13)10-17-15(19)6-7-16-12-2-3-12/h11-14,16H,2-10H2,1H3,(H,17,19). The van der Waals surface area contributed by atoms with E-state index < -0.39 is 0 Å². The van der Waals surface area contributed by atoms with Gasteiger partial charge in [0.25, 0.3) is 0 Å². The van der Waals surface area contributed by atoms with Crippen LogP contribution in [0.3, 0.4) is 0 Å². The Kier molecular flexibility index (Phi) is 4.08. The summed E-state index contributed by atoms with van der Waals surface area (Å²) < 4.78 is 0. The van der Waals surface area contributed by atoms with Gasteiger partial charge in [-0.15, -0.1) is 0 Å². The van der Waals surface area contributed by atoms with E-state index in [4.69, 9.17) is 0 Å². The second kappa shape index (κ2) is 5.80. The van der Waals surface area contributed by atoms with Gasteiger partial charge in [-0.2, -0.15) is 0 Å². The third-order valence-electron chi connectivity index (χ3n) is 5.15. The Balaban J connectivity index is 1.32. The molecule has 108 valence electrons. The lowest BCUT2D eigenvalue weighted by molar-refractivity contribution is -0.121. The highest BCUT2D eigenvalue weighted by Crippen LogP contribution is 2.36. The first-order chi connectivity index (χ1) is 9.22. The maximum Gasteiger partial charge on any atom is 0.221 e. The highest BCUT2D eigenvalue weighted by molar-refractivity contribution is 5.76. The Labute approximate surface area is 116 Å². The molecule has 0 aromatic heterocycles. The predicted octanol–water partition coefficient (Wildman–Crippen LogP) is 1.12. The number of nitrogens with one attached hydrogen (secondary N) is 2. The Morgan fingerprint density at radius 2 is 1.84 bits per heavy atom. The first-order valence-electron chi connectivity index (χ1n) is 7.94. The van der Waals surface area contributed by atoms with Crippen molar-refractivity contribution >= 4 is 5.91 Å². The van der Waals surface area contributed by atoms with Crippen LogP contribution in [-0.4, -0.2) is 49.1 Å². The summed E-state index contributed by atoms with van der Waals surface area (Å²) in [7, 11) is 2.26. The summed E-state index contributed by atoms with van der Waals surface area (Å²) in [6.07, 6.45) is 8.48. The maximum atomic E-state index is 11.8. The molecule has 0 spiro atoms. The molecule has 2 heterocycles. The summed E-state index contributed by atoms with van der Waals surface area (Å²) in [5.74, 6) is 0.925. The molecule has 0 aromatic rings. The zero-order chi connectivity index (χ0) is 13.2. The summed E-state index contributed by atoms with van der Waals surface area (Å²) >= 11 is 0. The molecule has 19 heavy (non-hydrogen) atoms. The third-order valence-corrected chi connectivity index (χ3v) is 5.15. The molecule has 0 radical (unpaired) electrons.